The number of fused-ring (bicyclic) bond motifs is 1. The number of allylic oxidation sites excluding steroid dienone is 1. The van der Waals surface area contributed by atoms with Crippen LogP contribution in [0.1, 0.15) is 5.69 Å². The summed E-state index contributed by atoms with van der Waals surface area (Å²) in [6.45, 7) is 3.52. The molecule has 2 amide bonds. The van der Waals surface area contributed by atoms with Gasteiger partial charge in [0.1, 0.15) is 22.8 Å². The van der Waals surface area contributed by atoms with E-state index in [1.54, 1.807) is 0 Å². The van der Waals surface area contributed by atoms with E-state index in [0.29, 0.717) is 0 Å². The van der Waals surface area contributed by atoms with E-state index in [1.165, 1.54) is 23.2 Å². The molecule has 3 rings (SSSR count). The number of nitrogens with one attached hydrogen (secondary N) is 1. The van der Waals surface area contributed by atoms with E-state index in [0.717, 1.165) is 16.2 Å². The Hall–Kier alpha value is -2.75. The highest BCUT2D eigenvalue weighted by Gasteiger charge is 2.55. The van der Waals surface area contributed by atoms with E-state index in [-0.39, 0.29) is 34.0 Å². The molecular weight excluding hydrogens is 475 g/mol. The number of anilines is 1. The van der Waals surface area contributed by atoms with Crippen LogP contribution in [-0.2, 0) is 23.5 Å². The molecule has 14 nitrogen and oxygen atoms in total. The zero-order valence-corrected chi connectivity index (χ0v) is 18.0. The molecule has 2 aliphatic rings. The van der Waals surface area contributed by atoms with Gasteiger partial charge in [0.2, 0.25) is 0 Å². The normalized spacial score (nSPS) is 20.9. The molecule has 3 heterocycles. The lowest BCUT2D eigenvalue weighted by Gasteiger charge is -2.49. The average Bonchev–Trinajstić information content (AvgIpc) is 3.09. The van der Waals surface area contributed by atoms with E-state index in [9.17, 15) is 18.9 Å². The zero-order valence-electron chi connectivity index (χ0n) is 15.5. The third kappa shape index (κ3) is 4.79. The van der Waals surface area contributed by atoms with Crippen LogP contribution in [0.3, 0.4) is 0 Å². The average molecular weight is 492 g/mol. The fourth-order valence-corrected chi connectivity index (χ4v) is 4.95. The molecule has 17 heteroatoms. The summed E-state index contributed by atoms with van der Waals surface area (Å²) in [6.07, 6.45) is 1.27. The molecule has 1 aromatic rings. The zero-order chi connectivity index (χ0) is 22.2. The third-order valence-electron chi connectivity index (χ3n) is 4.01. The van der Waals surface area contributed by atoms with Crippen LogP contribution in [0.4, 0.5) is 5.13 Å². The van der Waals surface area contributed by atoms with Gasteiger partial charge in [0.15, 0.2) is 10.8 Å². The molecule has 1 fully saturated rings. The minimum Gasteiger partial charge on any atom is -0.410 e. The monoisotopic (exact) mass is 492 g/mol. The highest BCUT2D eigenvalue weighted by atomic mass is 32.2. The van der Waals surface area contributed by atoms with Crippen molar-refractivity contribution in [3.05, 3.63) is 35.0 Å². The smallest absolute Gasteiger partial charge is 0.410 e. The van der Waals surface area contributed by atoms with E-state index in [2.05, 4.69) is 26.6 Å². The number of oxime groups is 1. The number of nitrogens with two attached hydrogens (primary N) is 1. The summed E-state index contributed by atoms with van der Waals surface area (Å²) in [6, 6.07) is -1.10. The van der Waals surface area contributed by atoms with Crippen molar-refractivity contribution in [1.29, 1.82) is 0 Å². The lowest BCUT2D eigenvalue weighted by Crippen LogP contribution is -2.71. The minimum absolute atomic E-state index is 0. The molecule has 0 unspecified atom stereocenters. The summed E-state index contributed by atoms with van der Waals surface area (Å²) in [4.78, 5) is 59.8. The first-order chi connectivity index (χ1) is 14.1. The lowest BCUT2D eigenvalue weighted by molar-refractivity contribution is -0.149. The molecule has 9 N–H and O–H groups in total. The Morgan fingerprint density at radius 2 is 2.16 bits per heavy atom. The summed E-state index contributed by atoms with van der Waals surface area (Å²) in [5, 5.41) is 15.2. The molecule has 0 aromatic carbocycles. The number of hydrogen-bond donors (Lipinski definition) is 6. The summed E-state index contributed by atoms with van der Waals surface area (Å²) in [5.74, 6) is -2.86. The highest BCUT2D eigenvalue weighted by molar-refractivity contribution is 8.00. The standard InChI is InChI=1S/C14H14N5O8PS2.H3N/c1-2-5-3-29-12-8(11(21)19(12)9(5)13(22)27-28(24,25)26)17-10(20)7(18-23)6-4-30-14(15)16-6;/h2,4,8,12,23H,1,3H2,(H2,15,16)(H,17,20)(H2,24,25,26);1H3/b18-7-;/t8-,12-;/m1./s1. The number of hydrogen-bond acceptors (Lipinski definition) is 12. The van der Waals surface area contributed by atoms with Gasteiger partial charge in [-0.2, -0.15) is 0 Å². The molecule has 0 aliphatic carbocycles. The number of carbonyl (C=O) groups excluding carboxylic acids is 3. The van der Waals surface area contributed by atoms with Gasteiger partial charge in [-0.15, -0.1) is 23.1 Å². The SMILES string of the molecule is C=CC1=C(C(=O)OP(=O)(O)O)N2C(=O)[C@@H](NC(=O)/C(=N\O)c3csc(N)n3)[C@H]2SC1.N. The molecule has 1 aromatic heterocycles. The molecule has 2 atom stereocenters. The largest absolute Gasteiger partial charge is 0.527 e. The molecule has 0 spiro atoms. The van der Waals surface area contributed by atoms with Crippen molar-refractivity contribution in [1.82, 2.24) is 21.4 Å². The van der Waals surface area contributed by atoms with Gasteiger partial charge in [0.25, 0.3) is 11.8 Å². The van der Waals surface area contributed by atoms with Gasteiger partial charge in [-0.05, 0) is 5.57 Å². The predicted octanol–water partition coefficient (Wildman–Crippen LogP) is -0.458. The molecule has 0 bridgehead atoms. The molecular formula is C14H17N6O8PS2. The number of nitrogens with zero attached hydrogens (tertiary/aromatic N) is 3. The fourth-order valence-electron chi connectivity index (χ4n) is 2.76. The first-order valence-corrected chi connectivity index (χ1v) is 11.4. The molecule has 1 saturated heterocycles. The minimum atomic E-state index is -5.15. The van der Waals surface area contributed by atoms with Gasteiger partial charge >= 0.3 is 13.8 Å². The Morgan fingerprint density at radius 1 is 1.48 bits per heavy atom. The summed E-state index contributed by atoms with van der Waals surface area (Å²) >= 11 is 2.20. The Bertz CT molecular complexity index is 1050. The fraction of sp³-hybridized carbons (Fsp3) is 0.214. The number of aromatic nitrogens is 1. The number of rotatable bonds is 6. The highest BCUT2D eigenvalue weighted by Crippen LogP contribution is 2.44. The second kappa shape index (κ2) is 9.17. The van der Waals surface area contributed by atoms with Crippen LogP contribution < -0.4 is 17.2 Å². The first-order valence-electron chi connectivity index (χ1n) is 7.91. The van der Waals surface area contributed by atoms with E-state index < -0.39 is 42.7 Å². The quantitative estimate of drug-likeness (QED) is 0.0972. The molecule has 31 heavy (non-hydrogen) atoms. The van der Waals surface area contributed by atoms with Crippen molar-refractivity contribution in [2.75, 3.05) is 11.5 Å². The van der Waals surface area contributed by atoms with E-state index in [1.807, 2.05) is 0 Å². The van der Waals surface area contributed by atoms with Crippen molar-refractivity contribution in [3.8, 4) is 0 Å². The third-order valence-corrected chi connectivity index (χ3v) is 6.39. The summed E-state index contributed by atoms with van der Waals surface area (Å²) in [7, 11) is -5.15. The lowest BCUT2D eigenvalue weighted by atomic mass is 10.0. The van der Waals surface area contributed by atoms with E-state index in [4.69, 9.17) is 20.7 Å². The Balaban J connectivity index is 0.00000341. The number of nitrogen functional groups attached to an aromatic ring is 1. The molecule has 2 aliphatic heterocycles. The predicted molar refractivity (Wildman–Crippen MR) is 110 cm³/mol. The van der Waals surface area contributed by atoms with Crippen LogP contribution in [0.25, 0.3) is 0 Å². The maximum atomic E-state index is 12.6. The Morgan fingerprint density at radius 3 is 2.68 bits per heavy atom. The second-order valence-electron chi connectivity index (χ2n) is 5.83. The number of thioether (sulfide) groups is 1. The van der Waals surface area contributed by atoms with Crippen LogP contribution in [-0.4, -0.2) is 65.5 Å². The van der Waals surface area contributed by atoms with Crippen molar-refractivity contribution in [2.45, 2.75) is 11.4 Å². The number of phosphoric ester groups is 1. The Kier molecular flexibility index (Phi) is 7.25. The maximum absolute atomic E-state index is 12.6. The van der Waals surface area contributed by atoms with Crippen LogP contribution >= 0.6 is 30.9 Å². The number of phosphoric acid groups is 1. The maximum Gasteiger partial charge on any atom is 0.527 e. The van der Waals surface area contributed by atoms with Crippen LogP contribution in [0.2, 0.25) is 0 Å². The Labute approximate surface area is 182 Å². The summed E-state index contributed by atoms with van der Waals surface area (Å²) in [5.41, 5.74) is 4.92. The topological polar surface area (TPSA) is 240 Å². The molecule has 168 valence electrons. The van der Waals surface area contributed by atoms with Crippen molar-refractivity contribution in [3.63, 3.8) is 0 Å². The number of amides is 2. The van der Waals surface area contributed by atoms with Crippen molar-refractivity contribution in [2.24, 2.45) is 5.16 Å². The van der Waals surface area contributed by atoms with Gasteiger partial charge in [0.05, 0.1) is 0 Å². The van der Waals surface area contributed by atoms with E-state index >= 15 is 0 Å². The van der Waals surface area contributed by atoms with Crippen LogP contribution in [0.5, 0.6) is 0 Å². The van der Waals surface area contributed by atoms with Crippen molar-refractivity contribution >= 4 is 59.5 Å². The molecule has 0 saturated carbocycles. The van der Waals surface area contributed by atoms with Gasteiger partial charge in [-0.1, -0.05) is 17.8 Å². The second-order valence-corrected chi connectivity index (χ2v) is 8.99. The van der Waals surface area contributed by atoms with Gasteiger partial charge in [0, 0.05) is 11.1 Å². The first kappa shape index (κ1) is 24.5. The van der Waals surface area contributed by atoms with Crippen molar-refractivity contribution < 1.29 is 38.5 Å². The van der Waals surface area contributed by atoms with Crippen LogP contribution in [0, 0.1) is 0 Å². The number of β-lactam (4-membered cyclic amide) rings is 1. The number of carbonyl (C=O) groups is 3. The number of thiazole rings is 1. The van der Waals surface area contributed by atoms with Gasteiger partial charge in [-0.25, -0.2) is 14.3 Å². The van der Waals surface area contributed by atoms with Crippen LogP contribution in [0.15, 0.2) is 34.5 Å². The van der Waals surface area contributed by atoms with Gasteiger partial charge in [-0.3, -0.25) is 24.3 Å². The molecule has 0 radical (unpaired) electrons. The van der Waals surface area contributed by atoms with Gasteiger partial charge < -0.3 is 26.9 Å². The summed E-state index contributed by atoms with van der Waals surface area (Å²) < 4.78 is 15.1.